The van der Waals surface area contributed by atoms with Crippen molar-refractivity contribution in [3.05, 3.63) is 29.6 Å². The first-order chi connectivity index (χ1) is 7.65. The molecule has 0 aromatic heterocycles. The van der Waals surface area contributed by atoms with Crippen LogP contribution < -0.4 is 5.32 Å². The molecule has 1 fully saturated rings. The van der Waals surface area contributed by atoms with Gasteiger partial charge in [-0.25, -0.2) is 4.39 Å². The first-order valence-corrected chi connectivity index (χ1v) is 5.85. The maximum absolute atomic E-state index is 13.7. The van der Waals surface area contributed by atoms with E-state index < -0.39 is 0 Å². The maximum Gasteiger partial charge on any atom is 0.129 e. The van der Waals surface area contributed by atoms with Crippen LogP contribution in [0.4, 0.5) is 10.1 Å². The molecular weight excluding hydrogens is 203 g/mol. The van der Waals surface area contributed by atoms with Gasteiger partial charge in [-0.05, 0) is 45.5 Å². The minimum atomic E-state index is -0.113. The van der Waals surface area contributed by atoms with Crippen molar-refractivity contribution in [2.75, 3.05) is 19.4 Å². The number of hydrogen-bond acceptors (Lipinski definition) is 2. The zero-order valence-corrected chi connectivity index (χ0v) is 9.96. The van der Waals surface area contributed by atoms with Crippen molar-refractivity contribution in [3.63, 3.8) is 0 Å². The van der Waals surface area contributed by atoms with Crippen LogP contribution in [0.1, 0.15) is 24.8 Å². The lowest BCUT2D eigenvalue weighted by molar-refractivity contribution is 0.392. The van der Waals surface area contributed by atoms with E-state index in [9.17, 15) is 4.39 Å². The predicted octanol–water partition coefficient (Wildman–Crippen LogP) is 2.85. The SMILES string of the molecule is CN(C)Cc1ccc(NC2CCC2)cc1F. The van der Waals surface area contributed by atoms with E-state index in [1.54, 1.807) is 6.07 Å². The lowest BCUT2D eigenvalue weighted by atomic mass is 9.93. The Labute approximate surface area is 96.5 Å². The molecule has 0 aliphatic heterocycles. The maximum atomic E-state index is 13.7. The van der Waals surface area contributed by atoms with E-state index in [1.165, 1.54) is 19.3 Å². The molecule has 1 aliphatic carbocycles. The summed E-state index contributed by atoms with van der Waals surface area (Å²) in [6, 6.07) is 6.01. The van der Waals surface area contributed by atoms with Gasteiger partial charge in [-0.1, -0.05) is 6.07 Å². The summed E-state index contributed by atoms with van der Waals surface area (Å²) in [6.45, 7) is 0.648. The smallest absolute Gasteiger partial charge is 0.129 e. The Hall–Kier alpha value is -1.09. The number of rotatable bonds is 4. The molecule has 0 unspecified atom stereocenters. The fourth-order valence-electron chi connectivity index (χ4n) is 1.89. The van der Waals surface area contributed by atoms with E-state index in [2.05, 4.69) is 5.32 Å². The van der Waals surface area contributed by atoms with Crippen molar-refractivity contribution in [2.24, 2.45) is 0 Å². The fourth-order valence-corrected chi connectivity index (χ4v) is 1.89. The molecule has 0 amide bonds. The van der Waals surface area contributed by atoms with E-state index in [-0.39, 0.29) is 5.82 Å². The van der Waals surface area contributed by atoms with Gasteiger partial charge in [-0.15, -0.1) is 0 Å². The van der Waals surface area contributed by atoms with Crippen LogP contribution in [0.2, 0.25) is 0 Å². The van der Waals surface area contributed by atoms with Gasteiger partial charge in [0.05, 0.1) is 0 Å². The highest BCUT2D eigenvalue weighted by molar-refractivity contribution is 5.46. The summed E-state index contributed by atoms with van der Waals surface area (Å²) in [5.41, 5.74) is 1.66. The summed E-state index contributed by atoms with van der Waals surface area (Å²) >= 11 is 0. The highest BCUT2D eigenvalue weighted by atomic mass is 19.1. The van der Waals surface area contributed by atoms with Crippen LogP contribution in [0.25, 0.3) is 0 Å². The van der Waals surface area contributed by atoms with Crippen LogP contribution in [0.5, 0.6) is 0 Å². The molecule has 0 spiro atoms. The Bertz CT molecular complexity index is 359. The van der Waals surface area contributed by atoms with Crippen LogP contribution in [0, 0.1) is 5.82 Å². The molecule has 1 aromatic carbocycles. The van der Waals surface area contributed by atoms with Gasteiger partial charge in [-0.2, -0.15) is 0 Å². The Morgan fingerprint density at radius 2 is 2.12 bits per heavy atom. The second kappa shape index (κ2) is 4.83. The molecule has 0 heterocycles. The van der Waals surface area contributed by atoms with Gasteiger partial charge in [0, 0.05) is 23.8 Å². The molecule has 3 heteroatoms. The standard InChI is InChI=1S/C13H19FN2/c1-16(2)9-10-6-7-12(8-13(10)14)15-11-4-3-5-11/h6-8,11,15H,3-5,9H2,1-2H3. The predicted molar refractivity (Wildman–Crippen MR) is 65.1 cm³/mol. The molecule has 1 N–H and O–H groups in total. The minimum Gasteiger partial charge on any atom is -0.382 e. The molecule has 0 atom stereocenters. The molecule has 16 heavy (non-hydrogen) atoms. The van der Waals surface area contributed by atoms with Crippen LogP contribution in [-0.2, 0) is 6.54 Å². The molecule has 1 saturated carbocycles. The number of benzene rings is 1. The lowest BCUT2D eigenvalue weighted by Crippen LogP contribution is -2.27. The molecule has 1 aliphatic rings. The third-order valence-corrected chi connectivity index (χ3v) is 3.02. The monoisotopic (exact) mass is 222 g/mol. The van der Waals surface area contributed by atoms with E-state index >= 15 is 0 Å². The Balaban J connectivity index is 2.03. The highest BCUT2D eigenvalue weighted by Gasteiger charge is 2.17. The molecule has 0 bridgehead atoms. The topological polar surface area (TPSA) is 15.3 Å². The van der Waals surface area contributed by atoms with Gasteiger partial charge in [0.15, 0.2) is 0 Å². The second-order valence-corrected chi connectivity index (χ2v) is 4.82. The van der Waals surface area contributed by atoms with E-state index in [1.807, 2.05) is 31.1 Å². The summed E-state index contributed by atoms with van der Waals surface area (Å²) < 4.78 is 13.7. The number of hydrogen-bond donors (Lipinski definition) is 1. The van der Waals surface area contributed by atoms with Crippen LogP contribution in [-0.4, -0.2) is 25.0 Å². The summed E-state index contributed by atoms with van der Waals surface area (Å²) in [5, 5.41) is 3.35. The number of nitrogens with one attached hydrogen (secondary N) is 1. The largest absolute Gasteiger partial charge is 0.382 e. The summed E-state index contributed by atoms with van der Waals surface area (Å²) in [7, 11) is 3.89. The average Bonchev–Trinajstić information content (AvgIpc) is 2.15. The lowest BCUT2D eigenvalue weighted by Gasteiger charge is -2.27. The van der Waals surface area contributed by atoms with Gasteiger partial charge in [0.2, 0.25) is 0 Å². The highest BCUT2D eigenvalue weighted by Crippen LogP contribution is 2.24. The van der Waals surface area contributed by atoms with Crippen molar-refractivity contribution in [1.29, 1.82) is 0 Å². The van der Waals surface area contributed by atoms with Crippen molar-refractivity contribution in [2.45, 2.75) is 31.8 Å². The first kappa shape index (κ1) is 11.4. The van der Waals surface area contributed by atoms with Crippen molar-refractivity contribution in [3.8, 4) is 0 Å². The first-order valence-electron chi connectivity index (χ1n) is 5.85. The molecule has 2 rings (SSSR count). The van der Waals surface area contributed by atoms with Crippen molar-refractivity contribution in [1.82, 2.24) is 4.90 Å². The molecule has 0 radical (unpaired) electrons. The molecule has 1 aromatic rings. The van der Waals surface area contributed by atoms with Crippen LogP contribution in [0.15, 0.2) is 18.2 Å². The van der Waals surface area contributed by atoms with E-state index in [0.717, 1.165) is 11.3 Å². The summed E-state index contributed by atoms with van der Waals surface area (Å²) in [5.74, 6) is -0.113. The second-order valence-electron chi connectivity index (χ2n) is 4.82. The Morgan fingerprint density at radius 3 is 2.62 bits per heavy atom. The summed E-state index contributed by atoms with van der Waals surface area (Å²) in [6.07, 6.45) is 3.71. The molecular formula is C13H19FN2. The number of anilines is 1. The molecule has 2 nitrogen and oxygen atoms in total. The Kier molecular flexibility index (Phi) is 3.44. The third-order valence-electron chi connectivity index (χ3n) is 3.02. The molecule has 0 saturated heterocycles. The van der Waals surface area contributed by atoms with Gasteiger partial charge < -0.3 is 10.2 Å². The zero-order chi connectivity index (χ0) is 11.5. The average molecular weight is 222 g/mol. The fraction of sp³-hybridized carbons (Fsp3) is 0.538. The molecule has 88 valence electrons. The quantitative estimate of drug-likeness (QED) is 0.842. The van der Waals surface area contributed by atoms with Crippen LogP contribution >= 0.6 is 0 Å². The van der Waals surface area contributed by atoms with Gasteiger partial charge in [0.25, 0.3) is 0 Å². The number of halogens is 1. The summed E-state index contributed by atoms with van der Waals surface area (Å²) in [4.78, 5) is 1.97. The van der Waals surface area contributed by atoms with Gasteiger partial charge in [0.1, 0.15) is 5.82 Å². The zero-order valence-electron chi connectivity index (χ0n) is 9.96. The third kappa shape index (κ3) is 2.73. The van der Waals surface area contributed by atoms with Gasteiger partial charge in [-0.3, -0.25) is 0 Å². The minimum absolute atomic E-state index is 0.113. The van der Waals surface area contributed by atoms with E-state index in [0.29, 0.717) is 12.6 Å². The number of nitrogens with zero attached hydrogens (tertiary/aromatic N) is 1. The normalized spacial score (nSPS) is 16.2. The van der Waals surface area contributed by atoms with E-state index in [4.69, 9.17) is 0 Å². The van der Waals surface area contributed by atoms with Crippen molar-refractivity contribution >= 4 is 5.69 Å². The van der Waals surface area contributed by atoms with Gasteiger partial charge >= 0.3 is 0 Å². The Morgan fingerprint density at radius 1 is 1.38 bits per heavy atom. The van der Waals surface area contributed by atoms with Crippen LogP contribution in [0.3, 0.4) is 0 Å². The van der Waals surface area contributed by atoms with Crippen molar-refractivity contribution < 1.29 is 4.39 Å².